The number of aryl methyl sites for hydroxylation is 1. The van der Waals surface area contributed by atoms with E-state index in [-0.39, 0.29) is 0 Å². The summed E-state index contributed by atoms with van der Waals surface area (Å²) in [6.45, 7) is 1.92. The first kappa shape index (κ1) is 13.1. The van der Waals surface area contributed by atoms with E-state index in [1.165, 1.54) is 4.90 Å². The molecule has 0 saturated heterocycles. The van der Waals surface area contributed by atoms with Crippen LogP contribution in [-0.4, -0.2) is 42.8 Å². The molecule has 0 atom stereocenters. The van der Waals surface area contributed by atoms with Crippen LogP contribution in [0.15, 0.2) is 18.3 Å². The van der Waals surface area contributed by atoms with Crippen molar-refractivity contribution in [2.24, 2.45) is 0 Å². The number of H-pyrrole nitrogens is 1. The molecule has 0 fully saturated rings. The normalized spacial score (nSPS) is 10.5. The molecule has 0 saturated carbocycles. The Morgan fingerprint density at radius 1 is 1.26 bits per heavy atom. The zero-order valence-corrected chi connectivity index (χ0v) is 11.4. The number of carbonyl (C=O) groups excluding carboxylic acids is 2. The first-order chi connectivity index (χ1) is 8.95. The lowest BCUT2D eigenvalue weighted by Gasteiger charge is -2.08. The van der Waals surface area contributed by atoms with Gasteiger partial charge in [0.15, 0.2) is 0 Å². The van der Waals surface area contributed by atoms with Crippen molar-refractivity contribution in [3.05, 3.63) is 29.5 Å². The van der Waals surface area contributed by atoms with Gasteiger partial charge in [-0.2, -0.15) is 0 Å². The van der Waals surface area contributed by atoms with Gasteiger partial charge in [0.2, 0.25) is 0 Å². The van der Waals surface area contributed by atoms with Crippen LogP contribution in [0.3, 0.4) is 0 Å². The Hall–Kier alpha value is -2.30. The van der Waals surface area contributed by atoms with Gasteiger partial charge in [0, 0.05) is 31.2 Å². The highest BCUT2D eigenvalue weighted by Gasteiger charge is 2.22. The number of hydrogen-bond acceptors (Lipinski definition) is 3. The van der Waals surface area contributed by atoms with Crippen molar-refractivity contribution in [3.8, 4) is 5.75 Å². The highest BCUT2D eigenvalue weighted by molar-refractivity contribution is 6.44. The number of carbonyl (C=O) groups is 2. The van der Waals surface area contributed by atoms with E-state index < -0.39 is 11.7 Å². The van der Waals surface area contributed by atoms with Gasteiger partial charge in [0.05, 0.1) is 12.7 Å². The summed E-state index contributed by atoms with van der Waals surface area (Å²) in [6.07, 6.45) is 1.57. The number of ether oxygens (including phenoxy) is 1. The molecule has 1 N–H and O–H groups in total. The van der Waals surface area contributed by atoms with Crippen LogP contribution in [0.2, 0.25) is 0 Å². The number of rotatable bonds is 3. The lowest BCUT2D eigenvalue weighted by Crippen LogP contribution is -2.29. The van der Waals surface area contributed by atoms with Crippen molar-refractivity contribution in [3.63, 3.8) is 0 Å². The summed E-state index contributed by atoms with van der Waals surface area (Å²) in [6, 6.07) is 3.63. The van der Waals surface area contributed by atoms with Gasteiger partial charge in [-0.3, -0.25) is 9.59 Å². The van der Waals surface area contributed by atoms with E-state index in [4.69, 9.17) is 4.74 Å². The van der Waals surface area contributed by atoms with E-state index in [1.54, 1.807) is 33.5 Å². The van der Waals surface area contributed by atoms with Gasteiger partial charge in [-0.1, -0.05) is 0 Å². The molecule has 1 aromatic carbocycles. The number of fused-ring (bicyclic) bond motifs is 1. The van der Waals surface area contributed by atoms with Gasteiger partial charge in [0.1, 0.15) is 5.75 Å². The molecule has 1 amide bonds. The zero-order valence-electron chi connectivity index (χ0n) is 11.4. The fraction of sp³-hybridized carbons (Fsp3) is 0.286. The van der Waals surface area contributed by atoms with Crippen LogP contribution < -0.4 is 4.74 Å². The molecule has 0 aliphatic heterocycles. The average molecular weight is 260 g/mol. The lowest BCUT2D eigenvalue weighted by atomic mass is 10.1. The summed E-state index contributed by atoms with van der Waals surface area (Å²) in [5.74, 6) is -0.402. The summed E-state index contributed by atoms with van der Waals surface area (Å²) in [7, 11) is 4.68. The number of nitrogens with zero attached hydrogens (tertiary/aromatic N) is 1. The second-order valence-electron chi connectivity index (χ2n) is 4.60. The number of aromatic nitrogens is 1. The van der Waals surface area contributed by atoms with Crippen LogP contribution in [0.5, 0.6) is 5.75 Å². The molecule has 0 aliphatic carbocycles. The molecule has 1 aromatic heterocycles. The number of likely N-dealkylation sites (N-methyl/N-ethyl adjacent to an activating group) is 1. The average Bonchev–Trinajstić information content (AvgIpc) is 2.80. The summed E-state index contributed by atoms with van der Waals surface area (Å²) in [5, 5.41) is 0.706. The third kappa shape index (κ3) is 2.19. The van der Waals surface area contributed by atoms with E-state index in [9.17, 15) is 9.59 Å². The maximum atomic E-state index is 12.1. The molecule has 2 aromatic rings. The summed E-state index contributed by atoms with van der Waals surface area (Å²) >= 11 is 0. The highest BCUT2D eigenvalue weighted by Crippen LogP contribution is 2.27. The highest BCUT2D eigenvalue weighted by atomic mass is 16.5. The Balaban J connectivity index is 2.59. The maximum Gasteiger partial charge on any atom is 0.294 e. The fourth-order valence-corrected chi connectivity index (χ4v) is 2.00. The molecule has 0 bridgehead atoms. The third-order valence-corrected chi connectivity index (χ3v) is 3.04. The van der Waals surface area contributed by atoms with Crippen LogP contribution in [0, 0.1) is 6.92 Å². The Labute approximate surface area is 111 Å². The third-order valence-electron chi connectivity index (χ3n) is 3.04. The fourth-order valence-electron chi connectivity index (χ4n) is 2.00. The topological polar surface area (TPSA) is 62.4 Å². The Bertz CT molecular complexity index is 656. The van der Waals surface area contributed by atoms with Gasteiger partial charge in [-0.25, -0.2) is 0 Å². The van der Waals surface area contributed by atoms with Gasteiger partial charge >= 0.3 is 0 Å². The van der Waals surface area contributed by atoms with Crippen molar-refractivity contribution in [1.82, 2.24) is 9.88 Å². The van der Waals surface area contributed by atoms with Gasteiger partial charge < -0.3 is 14.6 Å². The summed E-state index contributed by atoms with van der Waals surface area (Å²) in [4.78, 5) is 28.2. The number of amides is 1. The number of hydrogen-bond donors (Lipinski definition) is 1. The molecule has 5 heteroatoms. The van der Waals surface area contributed by atoms with E-state index in [1.807, 2.05) is 13.0 Å². The van der Waals surface area contributed by atoms with Crippen LogP contribution in [0.1, 0.15) is 15.9 Å². The Morgan fingerprint density at radius 3 is 2.53 bits per heavy atom. The van der Waals surface area contributed by atoms with Gasteiger partial charge in [-0.05, 0) is 24.6 Å². The number of Topliss-reactive ketones (excluding diaryl/α,β-unsaturated/α-hetero) is 1. The second kappa shape index (κ2) is 4.76. The van der Waals surface area contributed by atoms with Crippen molar-refractivity contribution >= 4 is 22.6 Å². The quantitative estimate of drug-likeness (QED) is 0.675. The number of nitrogens with one attached hydrogen (secondary N) is 1. The van der Waals surface area contributed by atoms with Crippen LogP contribution in [0.25, 0.3) is 10.9 Å². The van der Waals surface area contributed by atoms with Crippen molar-refractivity contribution in [1.29, 1.82) is 0 Å². The zero-order chi connectivity index (χ0) is 14.2. The number of benzene rings is 1. The van der Waals surface area contributed by atoms with Gasteiger partial charge in [-0.15, -0.1) is 0 Å². The molecule has 0 unspecified atom stereocenters. The van der Waals surface area contributed by atoms with E-state index >= 15 is 0 Å². The van der Waals surface area contributed by atoms with E-state index in [2.05, 4.69) is 4.98 Å². The second-order valence-corrected chi connectivity index (χ2v) is 4.60. The van der Waals surface area contributed by atoms with Crippen LogP contribution in [0.4, 0.5) is 0 Å². The molecular weight excluding hydrogens is 244 g/mol. The lowest BCUT2D eigenvalue weighted by molar-refractivity contribution is -0.124. The first-order valence-corrected chi connectivity index (χ1v) is 5.87. The molecule has 2 rings (SSSR count). The molecule has 100 valence electrons. The SMILES string of the molecule is COc1cc(C)c2[nH]cc(C(=O)C(=O)N(C)C)c2c1. The van der Waals surface area contributed by atoms with Crippen LogP contribution in [-0.2, 0) is 4.79 Å². The molecule has 19 heavy (non-hydrogen) atoms. The van der Waals surface area contributed by atoms with E-state index in [0.717, 1.165) is 11.1 Å². The summed E-state index contributed by atoms with van der Waals surface area (Å²) < 4.78 is 5.19. The number of methoxy groups -OCH3 is 1. The van der Waals surface area contributed by atoms with Crippen molar-refractivity contribution in [2.45, 2.75) is 6.92 Å². The maximum absolute atomic E-state index is 12.1. The van der Waals surface area contributed by atoms with Crippen molar-refractivity contribution in [2.75, 3.05) is 21.2 Å². The predicted molar refractivity (Wildman–Crippen MR) is 72.6 cm³/mol. The van der Waals surface area contributed by atoms with Crippen molar-refractivity contribution < 1.29 is 14.3 Å². The standard InChI is InChI=1S/C14H16N2O3/c1-8-5-9(19-4)6-10-11(7-15-12(8)10)13(17)14(18)16(2)3/h5-7,15H,1-4H3. The molecule has 5 nitrogen and oxygen atoms in total. The summed E-state index contributed by atoms with van der Waals surface area (Å²) in [5.41, 5.74) is 2.18. The van der Waals surface area contributed by atoms with E-state index in [0.29, 0.717) is 16.7 Å². The van der Waals surface area contributed by atoms with Crippen LogP contribution >= 0.6 is 0 Å². The molecule has 0 radical (unpaired) electrons. The molecule has 0 spiro atoms. The largest absolute Gasteiger partial charge is 0.497 e. The smallest absolute Gasteiger partial charge is 0.294 e. The minimum atomic E-state index is -0.540. The number of aromatic amines is 1. The monoisotopic (exact) mass is 260 g/mol. The Kier molecular flexibility index (Phi) is 3.29. The molecule has 1 heterocycles. The molecule has 0 aliphatic rings. The predicted octanol–water partition coefficient (Wildman–Crippen LogP) is 1.76. The minimum Gasteiger partial charge on any atom is -0.497 e. The Morgan fingerprint density at radius 2 is 1.95 bits per heavy atom. The number of ketones is 1. The first-order valence-electron chi connectivity index (χ1n) is 5.87. The minimum absolute atomic E-state index is 0.371. The molecular formula is C14H16N2O3. The van der Waals surface area contributed by atoms with Gasteiger partial charge in [0.25, 0.3) is 11.7 Å².